The third-order valence-corrected chi connectivity index (χ3v) is 5.85. The predicted octanol–water partition coefficient (Wildman–Crippen LogP) is 4.41. The Bertz CT molecular complexity index is 647. The van der Waals surface area contributed by atoms with Crippen molar-refractivity contribution in [3.63, 3.8) is 0 Å². The van der Waals surface area contributed by atoms with E-state index in [0.29, 0.717) is 24.4 Å². The number of alkyl halides is 3. The van der Waals surface area contributed by atoms with Crippen LogP contribution in [0.3, 0.4) is 0 Å². The van der Waals surface area contributed by atoms with Gasteiger partial charge in [-0.15, -0.1) is 24.8 Å². The standard InChI is InChI=1S/C21H30F3N3O.2ClH/c22-21(23,24)18-3-1-2-17(14-18)15-27-12-8-19(9-13-27)26-20(28)5-4-16-6-10-25-11-7-16;;/h1-3,14,16,19,25H,4-13,15H2,(H,26,28);2*1H. The quantitative estimate of drug-likeness (QED) is 0.648. The van der Waals surface area contributed by atoms with Crippen LogP contribution >= 0.6 is 24.8 Å². The zero-order valence-electron chi connectivity index (χ0n) is 17.0. The molecule has 1 aromatic rings. The van der Waals surface area contributed by atoms with Gasteiger partial charge in [0.05, 0.1) is 5.56 Å². The zero-order valence-corrected chi connectivity index (χ0v) is 18.7. The van der Waals surface area contributed by atoms with Crippen LogP contribution in [-0.4, -0.2) is 43.0 Å². The second-order valence-electron chi connectivity index (χ2n) is 8.05. The summed E-state index contributed by atoms with van der Waals surface area (Å²) in [5.41, 5.74) is 0.0835. The zero-order chi connectivity index (χ0) is 20.0. The van der Waals surface area contributed by atoms with Crippen molar-refractivity contribution in [2.75, 3.05) is 26.2 Å². The first-order valence-electron chi connectivity index (χ1n) is 10.3. The maximum absolute atomic E-state index is 12.8. The molecule has 2 heterocycles. The molecule has 4 nitrogen and oxygen atoms in total. The van der Waals surface area contributed by atoms with Crippen LogP contribution in [0.2, 0.25) is 0 Å². The summed E-state index contributed by atoms with van der Waals surface area (Å²) in [6, 6.07) is 5.72. The fourth-order valence-corrected chi connectivity index (χ4v) is 4.15. The molecule has 0 aromatic heterocycles. The minimum absolute atomic E-state index is 0. The Balaban J connectivity index is 0.00000225. The van der Waals surface area contributed by atoms with Gasteiger partial charge in [-0.3, -0.25) is 9.69 Å². The van der Waals surface area contributed by atoms with Crippen molar-refractivity contribution in [2.45, 2.75) is 57.3 Å². The summed E-state index contributed by atoms with van der Waals surface area (Å²) in [6.07, 6.45) is 1.25. The molecular weight excluding hydrogens is 438 g/mol. The average molecular weight is 470 g/mol. The fourth-order valence-electron chi connectivity index (χ4n) is 4.15. The van der Waals surface area contributed by atoms with Crippen LogP contribution in [0.4, 0.5) is 13.2 Å². The number of nitrogens with one attached hydrogen (secondary N) is 2. The fraction of sp³-hybridized carbons (Fsp3) is 0.667. The number of carbonyl (C=O) groups excluding carboxylic acids is 1. The normalized spacial score (nSPS) is 18.9. The molecule has 2 fully saturated rings. The number of piperidine rings is 2. The smallest absolute Gasteiger partial charge is 0.353 e. The summed E-state index contributed by atoms with van der Waals surface area (Å²) in [5.74, 6) is 0.788. The molecule has 2 aliphatic heterocycles. The molecule has 1 aromatic carbocycles. The van der Waals surface area contributed by atoms with Gasteiger partial charge in [0.25, 0.3) is 0 Å². The Morgan fingerprint density at radius 3 is 2.40 bits per heavy atom. The van der Waals surface area contributed by atoms with E-state index in [1.54, 1.807) is 6.07 Å². The monoisotopic (exact) mass is 469 g/mol. The number of nitrogens with zero attached hydrogens (tertiary/aromatic N) is 1. The molecule has 172 valence electrons. The van der Waals surface area contributed by atoms with Crippen molar-refractivity contribution in [1.29, 1.82) is 0 Å². The van der Waals surface area contributed by atoms with Gasteiger partial charge in [0.1, 0.15) is 0 Å². The maximum Gasteiger partial charge on any atom is 0.416 e. The van der Waals surface area contributed by atoms with Crippen molar-refractivity contribution < 1.29 is 18.0 Å². The maximum atomic E-state index is 12.8. The predicted molar refractivity (Wildman–Crippen MR) is 117 cm³/mol. The van der Waals surface area contributed by atoms with Gasteiger partial charge in [0.2, 0.25) is 5.91 Å². The molecule has 2 aliphatic rings. The molecule has 0 unspecified atom stereocenters. The SMILES string of the molecule is Cl.Cl.O=C(CCC1CCNCC1)NC1CCN(Cc2cccc(C(F)(F)F)c2)CC1. The Labute approximate surface area is 189 Å². The second kappa shape index (κ2) is 12.7. The van der Waals surface area contributed by atoms with Crippen LogP contribution in [0.1, 0.15) is 49.7 Å². The number of likely N-dealkylation sites (tertiary alicyclic amines) is 1. The van der Waals surface area contributed by atoms with E-state index in [9.17, 15) is 18.0 Å². The Morgan fingerprint density at radius 1 is 1.10 bits per heavy atom. The van der Waals surface area contributed by atoms with Crippen LogP contribution < -0.4 is 10.6 Å². The van der Waals surface area contributed by atoms with Crippen LogP contribution in [0, 0.1) is 5.92 Å². The lowest BCUT2D eigenvalue weighted by molar-refractivity contribution is -0.137. The number of halogens is 5. The van der Waals surface area contributed by atoms with Gasteiger partial charge in [-0.2, -0.15) is 13.2 Å². The summed E-state index contributed by atoms with van der Waals surface area (Å²) in [5, 5.41) is 6.48. The summed E-state index contributed by atoms with van der Waals surface area (Å²) in [7, 11) is 0. The van der Waals surface area contributed by atoms with Crippen molar-refractivity contribution in [3.05, 3.63) is 35.4 Å². The molecule has 0 aliphatic carbocycles. The van der Waals surface area contributed by atoms with E-state index in [1.165, 1.54) is 12.1 Å². The molecular formula is C21H32Cl2F3N3O. The Hall–Kier alpha value is -1.02. The molecule has 9 heteroatoms. The lowest BCUT2D eigenvalue weighted by atomic mass is 9.93. The highest BCUT2D eigenvalue weighted by atomic mass is 35.5. The minimum atomic E-state index is -4.30. The first-order valence-corrected chi connectivity index (χ1v) is 10.3. The van der Waals surface area contributed by atoms with E-state index < -0.39 is 11.7 Å². The molecule has 3 rings (SSSR count). The summed E-state index contributed by atoms with van der Waals surface area (Å²) in [4.78, 5) is 14.4. The molecule has 1 amide bonds. The van der Waals surface area contributed by atoms with Crippen LogP contribution in [0.25, 0.3) is 0 Å². The molecule has 30 heavy (non-hydrogen) atoms. The van der Waals surface area contributed by atoms with Gasteiger partial charge in [-0.05, 0) is 62.7 Å². The van der Waals surface area contributed by atoms with Crippen LogP contribution in [0.15, 0.2) is 24.3 Å². The number of amides is 1. The molecule has 0 bridgehead atoms. The van der Waals surface area contributed by atoms with Gasteiger partial charge < -0.3 is 10.6 Å². The highest BCUT2D eigenvalue weighted by molar-refractivity contribution is 5.85. The van der Waals surface area contributed by atoms with E-state index in [1.807, 2.05) is 0 Å². The van der Waals surface area contributed by atoms with Gasteiger partial charge in [0.15, 0.2) is 0 Å². The summed E-state index contributed by atoms with van der Waals surface area (Å²) >= 11 is 0. The van der Waals surface area contributed by atoms with Crippen molar-refractivity contribution in [2.24, 2.45) is 5.92 Å². The van der Waals surface area contributed by atoms with Gasteiger partial charge in [-0.25, -0.2) is 0 Å². The van der Waals surface area contributed by atoms with Gasteiger partial charge in [-0.1, -0.05) is 18.2 Å². The molecule has 2 N–H and O–H groups in total. The van der Waals surface area contributed by atoms with Crippen molar-refractivity contribution >= 4 is 30.7 Å². The number of carbonyl (C=O) groups is 1. The molecule has 2 saturated heterocycles. The number of hydrogen-bond acceptors (Lipinski definition) is 3. The van der Waals surface area contributed by atoms with E-state index in [0.717, 1.165) is 64.3 Å². The van der Waals surface area contributed by atoms with Gasteiger partial charge in [0, 0.05) is 32.1 Å². The first kappa shape index (κ1) is 27.0. The molecule has 0 spiro atoms. The van der Waals surface area contributed by atoms with Crippen molar-refractivity contribution in [3.8, 4) is 0 Å². The summed E-state index contributed by atoms with van der Waals surface area (Å²) < 4.78 is 38.5. The third-order valence-electron chi connectivity index (χ3n) is 5.85. The van der Waals surface area contributed by atoms with E-state index >= 15 is 0 Å². The lowest BCUT2D eigenvalue weighted by Gasteiger charge is -2.32. The molecule has 0 saturated carbocycles. The minimum Gasteiger partial charge on any atom is -0.353 e. The van der Waals surface area contributed by atoms with E-state index in [2.05, 4.69) is 15.5 Å². The van der Waals surface area contributed by atoms with E-state index in [4.69, 9.17) is 0 Å². The number of rotatable bonds is 6. The summed E-state index contributed by atoms with van der Waals surface area (Å²) in [6.45, 7) is 4.19. The van der Waals surface area contributed by atoms with Crippen LogP contribution in [0.5, 0.6) is 0 Å². The van der Waals surface area contributed by atoms with Crippen molar-refractivity contribution in [1.82, 2.24) is 15.5 Å². The van der Waals surface area contributed by atoms with E-state index in [-0.39, 0.29) is 36.8 Å². The number of benzene rings is 1. The highest BCUT2D eigenvalue weighted by Crippen LogP contribution is 2.30. The largest absolute Gasteiger partial charge is 0.416 e. The number of hydrogen-bond donors (Lipinski definition) is 2. The Morgan fingerprint density at radius 2 is 1.77 bits per heavy atom. The molecule has 0 radical (unpaired) electrons. The first-order chi connectivity index (χ1) is 13.4. The average Bonchev–Trinajstić information content (AvgIpc) is 2.68. The third kappa shape index (κ3) is 8.61. The Kier molecular flexibility index (Phi) is 11.5. The van der Waals surface area contributed by atoms with Crippen LogP contribution in [-0.2, 0) is 17.5 Å². The molecule has 0 atom stereocenters. The topological polar surface area (TPSA) is 44.4 Å². The highest BCUT2D eigenvalue weighted by Gasteiger charge is 2.30. The lowest BCUT2D eigenvalue weighted by Crippen LogP contribution is -2.44. The van der Waals surface area contributed by atoms with Gasteiger partial charge >= 0.3 is 6.18 Å². The second-order valence-corrected chi connectivity index (χ2v) is 8.05.